The zero-order chi connectivity index (χ0) is 15.3. The molecule has 0 spiro atoms. The van der Waals surface area contributed by atoms with E-state index in [9.17, 15) is 9.59 Å². The predicted molar refractivity (Wildman–Crippen MR) is 69.2 cm³/mol. The van der Waals surface area contributed by atoms with E-state index < -0.39 is 18.1 Å². The van der Waals surface area contributed by atoms with E-state index in [1.54, 1.807) is 20.8 Å². The zero-order valence-corrected chi connectivity index (χ0v) is 11.6. The summed E-state index contributed by atoms with van der Waals surface area (Å²) in [6, 6.07) is -0.735. The topological polar surface area (TPSA) is 125 Å². The molecule has 0 aliphatic carbocycles. The van der Waals surface area contributed by atoms with Gasteiger partial charge in [0.25, 0.3) is 0 Å². The lowest BCUT2D eigenvalue weighted by molar-refractivity contribution is -0.146. The minimum Gasteiger partial charge on any atom is -0.479 e. The normalized spacial score (nSPS) is 13.6. The van der Waals surface area contributed by atoms with Crippen LogP contribution in [0.3, 0.4) is 0 Å². The summed E-state index contributed by atoms with van der Waals surface area (Å²) in [7, 11) is 0. The molecule has 2 atom stereocenters. The van der Waals surface area contributed by atoms with Crippen LogP contribution in [0.2, 0.25) is 0 Å². The fourth-order valence-electron chi connectivity index (χ4n) is 1.87. The van der Waals surface area contributed by atoms with Crippen LogP contribution in [0.15, 0.2) is 4.52 Å². The molecule has 8 nitrogen and oxygen atoms in total. The zero-order valence-electron chi connectivity index (χ0n) is 11.6. The van der Waals surface area contributed by atoms with E-state index in [0.717, 1.165) is 5.56 Å². The van der Waals surface area contributed by atoms with Gasteiger partial charge in [0, 0.05) is 18.5 Å². The van der Waals surface area contributed by atoms with E-state index in [1.165, 1.54) is 0 Å². The second-order valence-corrected chi connectivity index (χ2v) is 4.50. The van der Waals surface area contributed by atoms with E-state index in [-0.39, 0.29) is 19.0 Å². The van der Waals surface area contributed by atoms with Gasteiger partial charge in [-0.2, -0.15) is 0 Å². The van der Waals surface area contributed by atoms with Crippen LogP contribution in [-0.4, -0.2) is 40.0 Å². The number of aliphatic hydroxyl groups is 1. The Labute approximate surface area is 116 Å². The van der Waals surface area contributed by atoms with Crippen LogP contribution in [0.1, 0.15) is 36.4 Å². The highest BCUT2D eigenvalue weighted by molar-refractivity contribution is 5.75. The molecule has 1 aromatic heterocycles. The summed E-state index contributed by atoms with van der Waals surface area (Å²) < 4.78 is 5.02. The molecule has 1 rings (SSSR count). The van der Waals surface area contributed by atoms with Gasteiger partial charge in [-0.1, -0.05) is 5.16 Å². The van der Waals surface area contributed by atoms with Gasteiger partial charge in [0.1, 0.15) is 5.76 Å². The molecule has 20 heavy (non-hydrogen) atoms. The average molecular weight is 285 g/mol. The maximum atomic E-state index is 11.6. The largest absolute Gasteiger partial charge is 0.479 e. The maximum absolute atomic E-state index is 11.6. The van der Waals surface area contributed by atoms with Crippen molar-refractivity contribution in [3.8, 4) is 0 Å². The van der Waals surface area contributed by atoms with Gasteiger partial charge in [-0.15, -0.1) is 0 Å². The lowest BCUT2D eigenvalue weighted by atomic mass is 10.1. The number of aryl methyl sites for hydroxylation is 2. The number of carboxylic acid groups (broad SMARTS) is 1. The molecule has 2 amide bonds. The Balaban J connectivity index is 2.41. The minimum absolute atomic E-state index is 0.0531. The third kappa shape index (κ3) is 4.23. The Kier molecular flexibility index (Phi) is 5.51. The number of nitrogens with zero attached hydrogens (tertiary/aromatic N) is 1. The number of rotatable bonds is 6. The van der Waals surface area contributed by atoms with Crippen LogP contribution in [0, 0.1) is 13.8 Å². The van der Waals surface area contributed by atoms with Gasteiger partial charge >= 0.3 is 12.0 Å². The van der Waals surface area contributed by atoms with Crippen LogP contribution in [-0.2, 0) is 4.79 Å². The number of amides is 2. The number of aromatic nitrogens is 1. The molecule has 112 valence electrons. The quantitative estimate of drug-likeness (QED) is 0.602. The number of urea groups is 1. The SMILES string of the molecule is Cc1noc(C)c1C(C)NC(=O)NCC[C@H](O)C(=O)O. The van der Waals surface area contributed by atoms with Crippen molar-refractivity contribution < 1.29 is 24.3 Å². The van der Waals surface area contributed by atoms with Crippen LogP contribution >= 0.6 is 0 Å². The maximum Gasteiger partial charge on any atom is 0.332 e. The first-order chi connectivity index (χ1) is 9.32. The second-order valence-electron chi connectivity index (χ2n) is 4.50. The van der Waals surface area contributed by atoms with Crippen LogP contribution in [0.5, 0.6) is 0 Å². The highest BCUT2D eigenvalue weighted by Crippen LogP contribution is 2.20. The summed E-state index contributed by atoms with van der Waals surface area (Å²) >= 11 is 0. The van der Waals surface area contributed by atoms with Crippen molar-refractivity contribution in [2.24, 2.45) is 0 Å². The molecular weight excluding hydrogens is 266 g/mol. The van der Waals surface area contributed by atoms with Crippen LogP contribution in [0.25, 0.3) is 0 Å². The van der Waals surface area contributed by atoms with Gasteiger partial charge in [0.15, 0.2) is 6.10 Å². The molecule has 0 fully saturated rings. The van der Waals surface area contributed by atoms with Gasteiger partial charge in [-0.3, -0.25) is 0 Å². The van der Waals surface area contributed by atoms with E-state index >= 15 is 0 Å². The molecule has 0 saturated heterocycles. The van der Waals surface area contributed by atoms with E-state index in [0.29, 0.717) is 11.5 Å². The average Bonchev–Trinajstić information content (AvgIpc) is 2.68. The highest BCUT2D eigenvalue weighted by atomic mass is 16.5. The van der Waals surface area contributed by atoms with Crippen molar-refractivity contribution in [3.05, 3.63) is 17.0 Å². The molecule has 0 aliphatic heterocycles. The number of aliphatic carboxylic acids is 1. The first-order valence-corrected chi connectivity index (χ1v) is 6.21. The third-order valence-electron chi connectivity index (χ3n) is 2.86. The molecule has 0 aliphatic rings. The van der Waals surface area contributed by atoms with Gasteiger partial charge in [0.05, 0.1) is 11.7 Å². The standard InChI is InChI=1S/C12H19N3O5/c1-6(10-7(2)15-20-8(10)3)14-12(19)13-5-4-9(16)11(17)18/h6,9,16H,4-5H2,1-3H3,(H,17,18)(H2,13,14,19)/t6?,9-/m0/s1. The second kappa shape index (κ2) is 6.90. The lowest BCUT2D eigenvalue weighted by Gasteiger charge is -2.14. The van der Waals surface area contributed by atoms with Crippen molar-refractivity contribution in [2.45, 2.75) is 39.3 Å². The van der Waals surface area contributed by atoms with E-state index in [2.05, 4.69) is 15.8 Å². The molecule has 1 unspecified atom stereocenters. The number of carbonyl (C=O) groups is 2. The summed E-state index contributed by atoms with van der Waals surface area (Å²) in [5, 5.41) is 26.5. The van der Waals surface area contributed by atoms with E-state index in [1.807, 2.05) is 0 Å². The molecule has 0 saturated carbocycles. The summed E-state index contributed by atoms with van der Waals surface area (Å²) in [6.07, 6.45) is -1.53. The van der Waals surface area contributed by atoms with Gasteiger partial charge in [0.2, 0.25) is 0 Å². The van der Waals surface area contributed by atoms with Crippen molar-refractivity contribution in [1.29, 1.82) is 0 Å². The minimum atomic E-state index is -1.48. The fraction of sp³-hybridized carbons (Fsp3) is 0.583. The monoisotopic (exact) mass is 285 g/mol. The number of carbonyl (C=O) groups excluding carboxylic acids is 1. The first kappa shape index (κ1) is 16.0. The van der Waals surface area contributed by atoms with Crippen molar-refractivity contribution in [1.82, 2.24) is 15.8 Å². The number of hydrogen-bond donors (Lipinski definition) is 4. The number of carboxylic acids is 1. The molecule has 1 aromatic rings. The van der Waals surface area contributed by atoms with Crippen molar-refractivity contribution in [2.75, 3.05) is 6.54 Å². The van der Waals surface area contributed by atoms with Crippen LogP contribution < -0.4 is 10.6 Å². The Bertz CT molecular complexity index is 466. The lowest BCUT2D eigenvalue weighted by Crippen LogP contribution is -2.39. The van der Waals surface area contributed by atoms with E-state index in [4.69, 9.17) is 14.7 Å². The molecule has 1 heterocycles. The van der Waals surface area contributed by atoms with Gasteiger partial charge in [-0.05, 0) is 20.8 Å². The van der Waals surface area contributed by atoms with Crippen molar-refractivity contribution in [3.63, 3.8) is 0 Å². The molecular formula is C12H19N3O5. The Morgan fingerprint density at radius 1 is 1.40 bits per heavy atom. The highest BCUT2D eigenvalue weighted by Gasteiger charge is 2.18. The van der Waals surface area contributed by atoms with Crippen molar-refractivity contribution >= 4 is 12.0 Å². The Morgan fingerprint density at radius 3 is 2.55 bits per heavy atom. The van der Waals surface area contributed by atoms with Gasteiger partial charge < -0.3 is 25.4 Å². The fourth-order valence-corrected chi connectivity index (χ4v) is 1.87. The first-order valence-electron chi connectivity index (χ1n) is 6.21. The number of hydrogen-bond acceptors (Lipinski definition) is 5. The molecule has 8 heteroatoms. The number of aliphatic hydroxyl groups excluding tert-OH is 1. The molecule has 0 aromatic carbocycles. The summed E-state index contributed by atoms with van der Waals surface area (Å²) in [6.45, 7) is 5.39. The molecule has 0 radical (unpaired) electrons. The number of nitrogens with one attached hydrogen (secondary N) is 2. The predicted octanol–water partition coefficient (Wildman–Crippen LogP) is 0.487. The summed E-state index contributed by atoms with van der Waals surface area (Å²) in [5.41, 5.74) is 1.52. The third-order valence-corrected chi connectivity index (χ3v) is 2.86. The van der Waals surface area contributed by atoms with Gasteiger partial charge in [-0.25, -0.2) is 9.59 Å². The summed E-state index contributed by atoms with van der Waals surface area (Å²) in [5.74, 6) is -0.673. The molecule has 0 bridgehead atoms. The Hall–Kier alpha value is -2.09. The summed E-state index contributed by atoms with van der Waals surface area (Å²) in [4.78, 5) is 22.0. The molecule has 4 N–H and O–H groups in total. The smallest absolute Gasteiger partial charge is 0.332 e. The Morgan fingerprint density at radius 2 is 2.05 bits per heavy atom. The van der Waals surface area contributed by atoms with Crippen LogP contribution in [0.4, 0.5) is 4.79 Å².